The number of ether oxygens (including phenoxy) is 3. The number of amides is 2. The Balaban J connectivity index is 1.51. The van der Waals surface area contributed by atoms with Crippen LogP contribution in [0.1, 0.15) is 61.1 Å². The molecule has 9 nitrogen and oxygen atoms in total. The molecule has 2 amide bonds. The van der Waals surface area contributed by atoms with Gasteiger partial charge in [-0.15, -0.1) is 0 Å². The minimum Gasteiger partial charge on any atom is -0.497 e. The molecule has 39 heavy (non-hydrogen) atoms. The van der Waals surface area contributed by atoms with E-state index in [2.05, 4.69) is 10.4 Å². The second-order valence-electron chi connectivity index (χ2n) is 10.6. The Labute approximate surface area is 230 Å². The van der Waals surface area contributed by atoms with E-state index in [9.17, 15) is 9.59 Å². The third-order valence-corrected chi connectivity index (χ3v) is 6.75. The van der Waals surface area contributed by atoms with Crippen molar-refractivity contribution in [3.8, 4) is 17.2 Å². The molecule has 2 aromatic carbocycles. The van der Waals surface area contributed by atoms with Gasteiger partial charge in [-0.2, -0.15) is 5.10 Å². The van der Waals surface area contributed by atoms with E-state index < -0.39 is 5.60 Å². The van der Waals surface area contributed by atoms with Crippen molar-refractivity contribution in [2.75, 3.05) is 33.9 Å². The Kier molecular flexibility index (Phi) is 8.79. The van der Waals surface area contributed by atoms with Crippen LogP contribution in [0.5, 0.6) is 11.5 Å². The average molecular weight is 535 g/mol. The summed E-state index contributed by atoms with van der Waals surface area (Å²) < 4.78 is 18.2. The number of aromatic nitrogens is 2. The van der Waals surface area contributed by atoms with Crippen LogP contribution in [0.15, 0.2) is 54.7 Å². The molecular weight excluding hydrogens is 496 g/mol. The maximum absolute atomic E-state index is 13.4. The molecule has 4 rings (SSSR count). The van der Waals surface area contributed by atoms with Crippen LogP contribution in [-0.4, -0.2) is 66.1 Å². The van der Waals surface area contributed by atoms with Gasteiger partial charge >= 0.3 is 6.09 Å². The predicted molar refractivity (Wildman–Crippen MR) is 149 cm³/mol. The van der Waals surface area contributed by atoms with E-state index in [0.717, 1.165) is 28.4 Å². The van der Waals surface area contributed by atoms with Crippen LogP contribution in [0.25, 0.3) is 5.69 Å². The molecule has 2 heterocycles. The number of nitrogens with one attached hydrogen (secondary N) is 1. The quantitative estimate of drug-likeness (QED) is 0.438. The van der Waals surface area contributed by atoms with Crippen molar-refractivity contribution in [2.45, 2.75) is 51.6 Å². The monoisotopic (exact) mass is 534 g/mol. The number of benzene rings is 2. The first kappa shape index (κ1) is 28.0. The van der Waals surface area contributed by atoms with E-state index in [1.54, 1.807) is 25.3 Å². The zero-order valence-electron chi connectivity index (χ0n) is 23.4. The van der Waals surface area contributed by atoms with E-state index in [1.807, 2.05) is 74.0 Å². The standard InChI is InChI=1S/C30H38N4O5/c1-30(2,3)39-29(36)33-17-14-21(15-18-33)27-25(20-32-34(27)23-9-7-6-8-10-23)28(35)31-16-13-22-19-24(37-4)11-12-26(22)38-5/h6-12,19-21H,13-18H2,1-5H3,(H,31,35). The van der Waals surface area contributed by atoms with Crippen LogP contribution < -0.4 is 14.8 Å². The van der Waals surface area contributed by atoms with Gasteiger partial charge in [0.25, 0.3) is 5.91 Å². The van der Waals surface area contributed by atoms with Crippen molar-refractivity contribution < 1.29 is 23.8 Å². The molecule has 9 heteroatoms. The van der Waals surface area contributed by atoms with Crippen LogP contribution in [-0.2, 0) is 11.2 Å². The van der Waals surface area contributed by atoms with Gasteiger partial charge in [0.1, 0.15) is 17.1 Å². The highest BCUT2D eigenvalue weighted by atomic mass is 16.6. The molecule has 1 saturated heterocycles. The minimum absolute atomic E-state index is 0.0608. The van der Waals surface area contributed by atoms with Crippen molar-refractivity contribution in [1.82, 2.24) is 20.0 Å². The lowest BCUT2D eigenvalue weighted by Crippen LogP contribution is -2.41. The van der Waals surface area contributed by atoms with Gasteiger partial charge in [-0.1, -0.05) is 18.2 Å². The average Bonchev–Trinajstić information content (AvgIpc) is 3.38. The molecular formula is C30H38N4O5. The first-order valence-corrected chi connectivity index (χ1v) is 13.3. The Morgan fingerprint density at radius 2 is 1.74 bits per heavy atom. The fourth-order valence-corrected chi connectivity index (χ4v) is 4.85. The van der Waals surface area contributed by atoms with Crippen molar-refractivity contribution >= 4 is 12.0 Å². The summed E-state index contributed by atoms with van der Waals surface area (Å²) in [6.45, 7) is 7.13. The number of piperidine rings is 1. The summed E-state index contributed by atoms with van der Waals surface area (Å²) in [6, 6.07) is 15.4. The second kappa shape index (κ2) is 12.2. The fourth-order valence-electron chi connectivity index (χ4n) is 4.85. The van der Waals surface area contributed by atoms with Gasteiger partial charge in [0.2, 0.25) is 0 Å². The number of carbonyl (C=O) groups is 2. The molecule has 0 aliphatic carbocycles. The fraction of sp³-hybridized carbons (Fsp3) is 0.433. The molecule has 0 bridgehead atoms. The zero-order chi connectivity index (χ0) is 28.0. The number of hydrogen-bond acceptors (Lipinski definition) is 6. The van der Waals surface area contributed by atoms with Crippen molar-refractivity contribution in [3.63, 3.8) is 0 Å². The minimum atomic E-state index is -0.542. The Morgan fingerprint density at radius 1 is 1.03 bits per heavy atom. The van der Waals surface area contributed by atoms with Gasteiger partial charge in [0.15, 0.2) is 0 Å². The van der Waals surface area contributed by atoms with Gasteiger partial charge in [-0.3, -0.25) is 4.79 Å². The van der Waals surface area contributed by atoms with Gasteiger partial charge < -0.3 is 24.4 Å². The number of carbonyl (C=O) groups excluding carboxylic acids is 2. The van der Waals surface area contributed by atoms with E-state index >= 15 is 0 Å². The van der Waals surface area contributed by atoms with E-state index in [4.69, 9.17) is 14.2 Å². The first-order valence-electron chi connectivity index (χ1n) is 13.3. The molecule has 3 aromatic rings. The van der Waals surface area contributed by atoms with Gasteiger partial charge in [0.05, 0.1) is 37.4 Å². The third kappa shape index (κ3) is 6.90. The number of rotatable bonds is 8. The highest BCUT2D eigenvalue weighted by Gasteiger charge is 2.32. The van der Waals surface area contributed by atoms with E-state index in [0.29, 0.717) is 44.5 Å². The zero-order valence-corrected chi connectivity index (χ0v) is 23.4. The van der Waals surface area contributed by atoms with Crippen molar-refractivity contribution in [2.24, 2.45) is 0 Å². The molecule has 0 radical (unpaired) electrons. The number of nitrogens with zero attached hydrogens (tertiary/aromatic N) is 3. The maximum atomic E-state index is 13.4. The lowest BCUT2D eigenvalue weighted by Gasteiger charge is -2.34. The van der Waals surface area contributed by atoms with Crippen molar-refractivity contribution in [1.29, 1.82) is 0 Å². The maximum Gasteiger partial charge on any atom is 0.410 e. The van der Waals surface area contributed by atoms with Crippen LogP contribution in [0.2, 0.25) is 0 Å². The van der Waals surface area contributed by atoms with Crippen LogP contribution in [0.3, 0.4) is 0 Å². The van der Waals surface area contributed by atoms with E-state index in [-0.39, 0.29) is 17.9 Å². The number of hydrogen-bond donors (Lipinski definition) is 1. The van der Waals surface area contributed by atoms with Crippen molar-refractivity contribution in [3.05, 3.63) is 71.5 Å². The molecule has 1 aliphatic heterocycles. The predicted octanol–water partition coefficient (Wildman–Crippen LogP) is 4.98. The van der Waals surface area contributed by atoms with Gasteiger partial charge in [-0.05, 0) is 75.9 Å². The number of likely N-dealkylation sites (tertiary alicyclic amines) is 1. The highest BCUT2D eigenvalue weighted by molar-refractivity contribution is 5.95. The summed E-state index contributed by atoms with van der Waals surface area (Å²) in [7, 11) is 3.25. The Morgan fingerprint density at radius 3 is 2.38 bits per heavy atom. The van der Waals surface area contributed by atoms with Crippen LogP contribution in [0, 0.1) is 0 Å². The molecule has 1 aromatic heterocycles. The second-order valence-corrected chi connectivity index (χ2v) is 10.6. The van der Waals surface area contributed by atoms with Crippen LogP contribution in [0.4, 0.5) is 4.79 Å². The summed E-state index contributed by atoms with van der Waals surface area (Å²) in [5.41, 5.74) is 2.71. The summed E-state index contributed by atoms with van der Waals surface area (Å²) in [5, 5.41) is 7.68. The Bertz CT molecular complexity index is 1270. The smallest absolute Gasteiger partial charge is 0.410 e. The molecule has 1 aliphatic rings. The number of methoxy groups -OCH3 is 2. The first-order chi connectivity index (χ1) is 18.7. The lowest BCUT2D eigenvalue weighted by atomic mass is 9.91. The van der Waals surface area contributed by atoms with Crippen LogP contribution >= 0.6 is 0 Å². The molecule has 0 saturated carbocycles. The molecule has 1 N–H and O–H groups in total. The summed E-state index contributed by atoms with van der Waals surface area (Å²) in [5.74, 6) is 1.37. The molecule has 208 valence electrons. The van der Waals surface area contributed by atoms with Gasteiger partial charge in [0, 0.05) is 25.6 Å². The number of para-hydroxylation sites is 1. The topological polar surface area (TPSA) is 94.9 Å². The molecule has 1 fully saturated rings. The molecule has 0 unspecified atom stereocenters. The molecule has 0 atom stereocenters. The third-order valence-electron chi connectivity index (χ3n) is 6.75. The summed E-state index contributed by atoms with van der Waals surface area (Å²) in [4.78, 5) is 27.8. The normalized spacial score (nSPS) is 14.1. The van der Waals surface area contributed by atoms with E-state index in [1.165, 1.54) is 0 Å². The molecule has 0 spiro atoms. The summed E-state index contributed by atoms with van der Waals surface area (Å²) >= 11 is 0. The largest absolute Gasteiger partial charge is 0.497 e. The SMILES string of the molecule is COc1ccc(OC)c(CCNC(=O)c2cnn(-c3ccccc3)c2C2CCN(C(=O)OC(C)(C)C)CC2)c1. The lowest BCUT2D eigenvalue weighted by molar-refractivity contribution is 0.0203. The van der Waals surface area contributed by atoms with Gasteiger partial charge in [-0.25, -0.2) is 9.48 Å². The highest BCUT2D eigenvalue weighted by Crippen LogP contribution is 2.33. The Hall–Kier alpha value is -4.01. The summed E-state index contributed by atoms with van der Waals surface area (Å²) in [6.07, 6.45) is 3.34.